The lowest BCUT2D eigenvalue weighted by Gasteiger charge is -2.24. The van der Waals surface area contributed by atoms with Gasteiger partial charge in [-0.15, -0.1) is 0 Å². The van der Waals surface area contributed by atoms with E-state index in [1.54, 1.807) is 18.8 Å². The standard InChI is InChI=1S/C13H18ClNO4S2/c1-15(11-3-4-20-8-11)21(17,18)12-6-10(14)5-9(7-16)13(12)19-2/h5-6,11,16H,3-4,7-8H2,1-2H3. The Kier molecular flexibility index (Phi) is 5.43. The van der Waals surface area contributed by atoms with Gasteiger partial charge in [0.25, 0.3) is 0 Å². The topological polar surface area (TPSA) is 66.8 Å². The van der Waals surface area contributed by atoms with E-state index < -0.39 is 10.0 Å². The molecule has 0 amide bonds. The van der Waals surface area contributed by atoms with E-state index >= 15 is 0 Å². The molecule has 1 aliphatic heterocycles. The Balaban J connectivity index is 2.50. The van der Waals surface area contributed by atoms with Crippen LogP contribution < -0.4 is 4.74 Å². The summed E-state index contributed by atoms with van der Waals surface area (Å²) in [6.45, 7) is -0.338. The molecule has 5 nitrogen and oxygen atoms in total. The molecular formula is C13H18ClNO4S2. The predicted molar refractivity (Wildman–Crippen MR) is 84.6 cm³/mol. The molecule has 1 saturated heterocycles. The van der Waals surface area contributed by atoms with Gasteiger partial charge in [0, 0.05) is 29.4 Å². The molecule has 1 N–H and O–H groups in total. The Morgan fingerprint density at radius 2 is 2.24 bits per heavy atom. The molecule has 0 radical (unpaired) electrons. The highest BCUT2D eigenvalue weighted by atomic mass is 35.5. The van der Waals surface area contributed by atoms with Gasteiger partial charge in [-0.25, -0.2) is 8.42 Å². The van der Waals surface area contributed by atoms with Gasteiger partial charge in [0.05, 0.1) is 13.7 Å². The number of aliphatic hydroxyl groups excluding tert-OH is 1. The van der Waals surface area contributed by atoms with E-state index in [9.17, 15) is 13.5 Å². The predicted octanol–water partition coefficient (Wildman–Crippen LogP) is 1.97. The van der Waals surface area contributed by atoms with Crippen LogP contribution in [0.4, 0.5) is 0 Å². The molecule has 1 atom stereocenters. The van der Waals surface area contributed by atoms with Gasteiger partial charge in [0.2, 0.25) is 10.0 Å². The lowest BCUT2D eigenvalue weighted by Crippen LogP contribution is -2.37. The average Bonchev–Trinajstić information content (AvgIpc) is 2.99. The van der Waals surface area contributed by atoms with E-state index in [4.69, 9.17) is 16.3 Å². The van der Waals surface area contributed by atoms with Crippen LogP contribution >= 0.6 is 23.4 Å². The summed E-state index contributed by atoms with van der Waals surface area (Å²) in [6, 6.07) is 2.85. The smallest absolute Gasteiger partial charge is 0.246 e. The second-order valence-electron chi connectivity index (χ2n) is 4.79. The van der Waals surface area contributed by atoms with Crippen LogP contribution in [0.25, 0.3) is 0 Å². The van der Waals surface area contributed by atoms with Crippen molar-refractivity contribution in [3.05, 3.63) is 22.7 Å². The van der Waals surface area contributed by atoms with E-state index in [-0.39, 0.29) is 28.3 Å². The molecule has 118 valence electrons. The second-order valence-corrected chi connectivity index (χ2v) is 8.35. The van der Waals surface area contributed by atoms with Gasteiger partial charge in [-0.1, -0.05) is 11.6 Å². The highest BCUT2D eigenvalue weighted by Crippen LogP contribution is 2.35. The van der Waals surface area contributed by atoms with Crippen molar-refractivity contribution in [2.75, 3.05) is 25.7 Å². The van der Waals surface area contributed by atoms with Crippen LogP contribution in [-0.2, 0) is 16.6 Å². The maximum absolute atomic E-state index is 12.8. The van der Waals surface area contributed by atoms with E-state index in [2.05, 4.69) is 0 Å². The number of benzene rings is 1. The zero-order valence-corrected chi connectivity index (χ0v) is 14.3. The van der Waals surface area contributed by atoms with Gasteiger partial charge >= 0.3 is 0 Å². The Hall–Kier alpha value is -0.470. The van der Waals surface area contributed by atoms with Crippen LogP contribution in [0.15, 0.2) is 17.0 Å². The molecule has 1 heterocycles. The monoisotopic (exact) mass is 351 g/mol. The number of halogens is 1. The number of aliphatic hydroxyl groups is 1. The Labute approximate surface area is 134 Å². The Bertz CT molecular complexity index is 615. The van der Waals surface area contributed by atoms with Crippen molar-refractivity contribution in [3.8, 4) is 5.75 Å². The van der Waals surface area contributed by atoms with Crippen molar-refractivity contribution in [3.63, 3.8) is 0 Å². The molecule has 0 aromatic heterocycles. The molecule has 1 unspecified atom stereocenters. The molecule has 1 aromatic carbocycles. The van der Waals surface area contributed by atoms with Gasteiger partial charge in [-0.05, 0) is 24.3 Å². The first kappa shape index (κ1) is 16.9. The lowest BCUT2D eigenvalue weighted by molar-refractivity contribution is 0.272. The van der Waals surface area contributed by atoms with Crippen LogP contribution in [0.3, 0.4) is 0 Å². The normalized spacial score (nSPS) is 19.2. The molecular weight excluding hydrogens is 334 g/mol. The number of thioether (sulfide) groups is 1. The van der Waals surface area contributed by atoms with Gasteiger partial charge < -0.3 is 9.84 Å². The minimum absolute atomic E-state index is 0.000880. The first-order valence-electron chi connectivity index (χ1n) is 6.45. The number of nitrogens with zero attached hydrogens (tertiary/aromatic N) is 1. The zero-order valence-electron chi connectivity index (χ0n) is 11.9. The summed E-state index contributed by atoms with van der Waals surface area (Å²) in [5.74, 6) is 1.89. The van der Waals surface area contributed by atoms with Gasteiger partial charge in [0.15, 0.2) is 0 Å². The average molecular weight is 352 g/mol. The van der Waals surface area contributed by atoms with Crippen molar-refractivity contribution in [1.82, 2.24) is 4.31 Å². The molecule has 0 bridgehead atoms. The summed E-state index contributed by atoms with van der Waals surface area (Å²) in [5, 5.41) is 9.62. The summed E-state index contributed by atoms with van der Waals surface area (Å²) < 4.78 is 32.2. The van der Waals surface area contributed by atoms with Crippen molar-refractivity contribution >= 4 is 33.4 Å². The van der Waals surface area contributed by atoms with Gasteiger partial charge in [-0.2, -0.15) is 16.1 Å². The maximum atomic E-state index is 12.8. The molecule has 0 saturated carbocycles. The Morgan fingerprint density at radius 3 is 2.76 bits per heavy atom. The molecule has 0 aliphatic carbocycles. The summed E-state index contributed by atoms with van der Waals surface area (Å²) >= 11 is 7.71. The molecule has 0 spiro atoms. The lowest BCUT2D eigenvalue weighted by atomic mass is 10.2. The Morgan fingerprint density at radius 1 is 1.52 bits per heavy atom. The third-order valence-corrected chi connectivity index (χ3v) is 6.83. The van der Waals surface area contributed by atoms with Crippen LogP contribution in [0.5, 0.6) is 5.75 Å². The SMILES string of the molecule is COc1c(CO)cc(Cl)cc1S(=O)(=O)N(C)C1CCSC1. The number of sulfonamides is 1. The summed E-state index contributed by atoms with van der Waals surface area (Å²) in [4.78, 5) is 0.000880. The summed E-state index contributed by atoms with van der Waals surface area (Å²) in [6.07, 6.45) is 0.829. The van der Waals surface area contributed by atoms with E-state index in [0.717, 1.165) is 17.9 Å². The largest absolute Gasteiger partial charge is 0.495 e. The number of ether oxygens (including phenoxy) is 1. The fourth-order valence-corrected chi connectivity index (χ4v) is 5.60. The maximum Gasteiger partial charge on any atom is 0.246 e. The van der Waals surface area contributed by atoms with Crippen molar-refractivity contribution in [1.29, 1.82) is 0 Å². The van der Waals surface area contributed by atoms with Crippen molar-refractivity contribution in [2.24, 2.45) is 0 Å². The molecule has 21 heavy (non-hydrogen) atoms. The number of rotatable bonds is 5. The third-order valence-electron chi connectivity index (χ3n) is 3.55. The molecule has 2 rings (SSSR count). The zero-order chi connectivity index (χ0) is 15.6. The molecule has 1 aliphatic rings. The first-order valence-corrected chi connectivity index (χ1v) is 9.42. The highest BCUT2D eigenvalue weighted by molar-refractivity contribution is 7.99. The van der Waals surface area contributed by atoms with Gasteiger partial charge in [0.1, 0.15) is 10.6 Å². The fourth-order valence-electron chi connectivity index (χ4n) is 2.32. The summed E-state index contributed by atoms with van der Waals surface area (Å²) in [5.41, 5.74) is 0.359. The number of hydrogen-bond donors (Lipinski definition) is 1. The second kappa shape index (κ2) is 6.75. The highest BCUT2D eigenvalue weighted by Gasteiger charge is 2.33. The van der Waals surface area contributed by atoms with Gasteiger partial charge in [-0.3, -0.25) is 0 Å². The molecule has 8 heteroatoms. The third kappa shape index (κ3) is 3.32. The molecule has 1 aromatic rings. The van der Waals surface area contributed by atoms with E-state index in [1.165, 1.54) is 23.5 Å². The van der Waals surface area contributed by atoms with Crippen molar-refractivity contribution in [2.45, 2.75) is 24.0 Å². The van der Waals surface area contributed by atoms with Crippen LogP contribution in [-0.4, -0.2) is 49.5 Å². The minimum atomic E-state index is -3.72. The summed E-state index contributed by atoms with van der Waals surface area (Å²) in [7, 11) is -0.765. The quantitative estimate of drug-likeness (QED) is 0.878. The molecule has 1 fully saturated rings. The fraction of sp³-hybridized carbons (Fsp3) is 0.538. The minimum Gasteiger partial charge on any atom is -0.495 e. The van der Waals surface area contributed by atoms with Crippen LogP contribution in [0, 0.1) is 0 Å². The number of hydrogen-bond acceptors (Lipinski definition) is 5. The van der Waals surface area contributed by atoms with Crippen molar-refractivity contribution < 1.29 is 18.3 Å². The first-order chi connectivity index (χ1) is 9.91. The van der Waals surface area contributed by atoms with Crippen LogP contribution in [0.2, 0.25) is 5.02 Å². The number of methoxy groups -OCH3 is 1. The van der Waals surface area contributed by atoms with Crippen LogP contribution in [0.1, 0.15) is 12.0 Å². The van der Waals surface area contributed by atoms with E-state index in [0.29, 0.717) is 5.56 Å². The van der Waals surface area contributed by atoms with E-state index in [1.807, 2.05) is 0 Å².